The Bertz CT molecular complexity index is 1990. The van der Waals surface area contributed by atoms with Crippen LogP contribution in [-0.4, -0.2) is 49.9 Å². The minimum Gasteiger partial charge on any atom is -0.481 e. The number of aromatic nitrogens is 4. The van der Waals surface area contributed by atoms with Gasteiger partial charge in [0.2, 0.25) is 0 Å². The molecule has 0 aromatic carbocycles. The predicted octanol–water partition coefficient (Wildman–Crippen LogP) is 7.12. The molecular weight excluding hydrogens is 556 g/mol. The fourth-order valence-corrected chi connectivity index (χ4v) is 7.09. The first-order valence-electron chi connectivity index (χ1n) is 14.9. The normalized spacial score (nSPS) is 19.0. The van der Waals surface area contributed by atoms with E-state index in [1.807, 2.05) is 45.0 Å². The molecule has 1 aliphatic carbocycles. The van der Waals surface area contributed by atoms with Gasteiger partial charge in [-0.2, -0.15) is 0 Å². The summed E-state index contributed by atoms with van der Waals surface area (Å²) in [6, 6.07) is 5.99. The van der Waals surface area contributed by atoms with Crippen molar-refractivity contribution in [2.24, 2.45) is 0 Å². The van der Waals surface area contributed by atoms with Crippen LogP contribution in [0.5, 0.6) is 0 Å². The van der Waals surface area contributed by atoms with Crippen LogP contribution in [0.3, 0.4) is 0 Å². The number of Topliss-reactive ketones (excluding diaryl/α,β-unsaturated/α-hetero) is 1. The van der Waals surface area contributed by atoms with E-state index in [1.54, 1.807) is 0 Å². The Morgan fingerprint density at radius 1 is 1.05 bits per heavy atom. The largest absolute Gasteiger partial charge is 0.481 e. The maximum atomic E-state index is 14.0. The number of hydrogen-bond acceptors (Lipinski definition) is 6. The summed E-state index contributed by atoms with van der Waals surface area (Å²) in [5.41, 5.74) is 11.7. The molecule has 0 amide bonds. The summed E-state index contributed by atoms with van der Waals surface area (Å²) in [5.74, 6) is -3.64. The van der Waals surface area contributed by atoms with Gasteiger partial charge < -0.3 is 19.8 Å². The van der Waals surface area contributed by atoms with Crippen molar-refractivity contribution in [1.82, 2.24) is 19.9 Å². The third kappa shape index (κ3) is 4.32. The number of fused-ring (bicyclic) bond motifs is 8. The summed E-state index contributed by atoms with van der Waals surface area (Å²) in [6.07, 6.45) is 2.82. The Balaban J connectivity index is 1.82. The quantitative estimate of drug-likeness (QED) is 0.205. The topological polar surface area (TPSA) is 138 Å². The monoisotopic (exact) mass is 592 g/mol. The summed E-state index contributed by atoms with van der Waals surface area (Å²) in [6.45, 7) is 14.1. The second kappa shape index (κ2) is 10.7. The van der Waals surface area contributed by atoms with Crippen LogP contribution >= 0.6 is 0 Å². The van der Waals surface area contributed by atoms with Gasteiger partial charge in [-0.25, -0.2) is 4.98 Å². The zero-order valence-electron chi connectivity index (χ0n) is 25.8. The van der Waals surface area contributed by atoms with Crippen LogP contribution in [0.25, 0.3) is 39.3 Å². The van der Waals surface area contributed by atoms with Crippen molar-refractivity contribution in [2.45, 2.75) is 71.6 Å². The number of ether oxygens (including phenoxy) is 1. The second-order valence-electron chi connectivity index (χ2n) is 11.9. The van der Waals surface area contributed by atoms with E-state index < -0.39 is 17.9 Å². The van der Waals surface area contributed by atoms with Gasteiger partial charge >= 0.3 is 11.9 Å². The Hall–Kier alpha value is -4.79. The first kappa shape index (κ1) is 29.3. The number of carboxylic acids is 1. The number of hydrogen-bond donors (Lipinski definition) is 3. The van der Waals surface area contributed by atoms with E-state index in [1.165, 1.54) is 7.11 Å². The molecule has 3 atom stereocenters. The summed E-state index contributed by atoms with van der Waals surface area (Å²) in [5, 5.41) is 9.60. The first-order chi connectivity index (χ1) is 21.0. The van der Waals surface area contributed by atoms with Crippen LogP contribution in [0.2, 0.25) is 0 Å². The molecule has 2 aliphatic heterocycles. The molecule has 3 aromatic rings. The van der Waals surface area contributed by atoms with Gasteiger partial charge in [-0.15, -0.1) is 0 Å². The number of nitrogens with zero attached hydrogens (tertiary/aromatic N) is 2. The van der Waals surface area contributed by atoms with E-state index in [4.69, 9.17) is 14.7 Å². The number of aliphatic carboxylic acids is 1. The third-order valence-corrected chi connectivity index (χ3v) is 9.57. The van der Waals surface area contributed by atoms with Crippen LogP contribution in [0.15, 0.2) is 24.8 Å². The van der Waals surface area contributed by atoms with E-state index >= 15 is 0 Å². The number of allylic oxidation sites excluding steroid dienone is 2. The van der Waals surface area contributed by atoms with Gasteiger partial charge in [-0.05, 0) is 74.1 Å². The molecule has 9 nitrogen and oxygen atoms in total. The number of carbonyl (C=O) groups is 3. The Morgan fingerprint density at radius 3 is 2.41 bits per heavy atom. The lowest BCUT2D eigenvalue weighted by Crippen LogP contribution is -2.21. The Kier molecular flexibility index (Phi) is 7.14. The van der Waals surface area contributed by atoms with Crippen molar-refractivity contribution in [2.75, 3.05) is 7.11 Å². The maximum Gasteiger partial charge on any atom is 0.321 e. The number of methoxy groups -OCH3 is 1. The summed E-state index contributed by atoms with van der Waals surface area (Å²) in [7, 11) is 1.27. The van der Waals surface area contributed by atoms with Crippen LogP contribution < -0.4 is 0 Å². The second-order valence-corrected chi connectivity index (χ2v) is 11.9. The molecule has 3 aliphatic rings. The van der Waals surface area contributed by atoms with Crippen LogP contribution in [0.4, 0.5) is 0 Å². The standard InChI is InChI=1S/C35H36N4O5/c1-8-19-15(3)22-12-24-17(5)21(10-11-28(40)41)32(38-24)30-31(35(43)44-7)34(42)29-18(6)25(39-33(29)30)14-27-20(9-2)16(4)23(37-27)13-26(19)36-22/h8,12-14,17,21,31,36,39H,1,9-11H2,2-7H3,(H,40,41)/t17-,21-,31+/m0/s1. The van der Waals surface area contributed by atoms with Crippen molar-refractivity contribution in [3.05, 3.63) is 75.4 Å². The van der Waals surface area contributed by atoms with Gasteiger partial charge in [-0.1, -0.05) is 26.5 Å². The van der Waals surface area contributed by atoms with Crippen molar-refractivity contribution >= 4 is 57.0 Å². The van der Waals surface area contributed by atoms with Crippen molar-refractivity contribution in [3.8, 4) is 0 Å². The lowest BCUT2D eigenvalue weighted by molar-refractivity contribution is -0.141. The zero-order valence-corrected chi connectivity index (χ0v) is 25.8. The SMILES string of the molecule is C=Cc1c(C)c2cc3nc(c4c5[nH]c(cc6nc(cc1[nH]2)C(C)=C6CC)c(C)c5C(=O)[C@@H]4C(=O)OC)[C@@H](CCC(=O)O)[C@@H]3C. The molecular formula is C35H36N4O5. The van der Waals surface area contributed by atoms with Gasteiger partial charge in [0.25, 0.3) is 0 Å². The molecule has 0 spiro atoms. The number of H-pyrrole nitrogens is 2. The van der Waals surface area contributed by atoms with Crippen LogP contribution in [0.1, 0.15) is 113 Å². The molecule has 0 saturated heterocycles. The highest BCUT2D eigenvalue weighted by atomic mass is 16.5. The highest BCUT2D eigenvalue weighted by Crippen LogP contribution is 2.48. The fraction of sp³-hybridized carbons (Fsp3) is 0.343. The van der Waals surface area contributed by atoms with Gasteiger partial charge in [0.1, 0.15) is 5.92 Å². The maximum absolute atomic E-state index is 14.0. The average Bonchev–Trinajstić information content (AvgIpc) is 3.72. The van der Waals surface area contributed by atoms with E-state index in [-0.39, 0.29) is 24.0 Å². The van der Waals surface area contributed by atoms with E-state index in [2.05, 4.69) is 30.4 Å². The van der Waals surface area contributed by atoms with Crippen molar-refractivity contribution in [1.29, 1.82) is 0 Å². The average molecular weight is 593 g/mol. The molecule has 44 heavy (non-hydrogen) atoms. The summed E-state index contributed by atoms with van der Waals surface area (Å²) >= 11 is 0. The first-order valence-corrected chi connectivity index (χ1v) is 14.9. The lowest BCUT2D eigenvalue weighted by atomic mass is 9.84. The Labute approximate surface area is 255 Å². The number of aryl methyl sites for hydroxylation is 2. The van der Waals surface area contributed by atoms with Crippen LogP contribution in [0, 0.1) is 13.8 Å². The zero-order chi connectivity index (χ0) is 31.6. The van der Waals surface area contributed by atoms with Gasteiger partial charge in [0.15, 0.2) is 5.78 Å². The molecule has 8 bridgehead atoms. The van der Waals surface area contributed by atoms with Gasteiger partial charge in [0, 0.05) is 57.2 Å². The molecule has 9 heteroatoms. The highest BCUT2D eigenvalue weighted by Gasteiger charge is 2.45. The molecule has 0 fully saturated rings. The highest BCUT2D eigenvalue weighted by molar-refractivity contribution is 6.23. The smallest absolute Gasteiger partial charge is 0.321 e. The van der Waals surface area contributed by atoms with Crippen molar-refractivity contribution in [3.63, 3.8) is 0 Å². The fourth-order valence-electron chi connectivity index (χ4n) is 7.09. The summed E-state index contributed by atoms with van der Waals surface area (Å²) in [4.78, 5) is 56.0. The number of esters is 1. The molecule has 5 heterocycles. The molecule has 3 aromatic heterocycles. The number of aromatic amines is 2. The van der Waals surface area contributed by atoms with E-state index in [0.717, 1.165) is 62.3 Å². The molecule has 0 radical (unpaired) electrons. The Morgan fingerprint density at radius 2 is 1.75 bits per heavy atom. The third-order valence-electron chi connectivity index (χ3n) is 9.57. The molecule has 0 saturated carbocycles. The van der Waals surface area contributed by atoms with E-state index in [9.17, 15) is 19.5 Å². The number of nitrogens with one attached hydrogen (secondary N) is 2. The number of ketones is 1. The molecule has 3 N–H and O–H groups in total. The molecule has 0 unspecified atom stereocenters. The van der Waals surface area contributed by atoms with Crippen LogP contribution in [-0.2, 0) is 14.3 Å². The van der Waals surface area contributed by atoms with Crippen molar-refractivity contribution < 1.29 is 24.2 Å². The minimum atomic E-state index is -1.19. The lowest BCUT2D eigenvalue weighted by Gasteiger charge is -2.18. The van der Waals surface area contributed by atoms with Gasteiger partial charge in [0.05, 0.1) is 29.7 Å². The number of rotatable bonds is 6. The molecule has 226 valence electrons. The minimum absolute atomic E-state index is 0.0772. The summed E-state index contributed by atoms with van der Waals surface area (Å²) < 4.78 is 5.13. The number of carboxylic acid groups (broad SMARTS) is 1. The number of carbonyl (C=O) groups excluding carboxylic acids is 2. The molecule has 6 rings (SSSR count). The van der Waals surface area contributed by atoms with Gasteiger partial charge in [-0.3, -0.25) is 19.4 Å². The van der Waals surface area contributed by atoms with E-state index in [0.29, 0.717) is 34.3 Å². The predicted molar refractivity (Wildman–Crippen MR) is 170 cm³/mol.